The maximum atomic E-state index is 11.7. The molecule has 7 nitrogen and oxygen atoms in total. The second-order valence-corrected chi connectivity index (χ2v) is 5.93. The number of rotatable bonds is 5. The van der Waals surface area contributed by atoms with Gasteiger partial charge in [-0.15, -0.1) is 0 Å². The molecule has 1 unspecified atom stereocenters. The lowest BCUT2D eigenvalue weighted by molar-refractivity contribution is -0.136. The van der Waals surface area contributed by atoms with Crippen LogP contribution < -0.4 is 15.5 Å². The van der Waals surface area contributed by atoms with Crippen molar-refractivity contribution in [2.75, 3.05) is 23.3 Å². The van der Waals surface area contributed by atoms with Gasteiger partial charge in [0.05, 0.1) is 18.3 Å². The van der Waals surface area contributed by atoms with Crippen molar-refractivity contribution >= 4 is 23.5 Å². The van der Waals surface area contributed by atoms with Crippen molar-refractivity contribution < 1.29 is 14.7 Å². The normalized spacial score (nSPS) is 17.7. The highest BCUT2D eigenvalue weighted by molar-refractivity contribution is 5.89. The summed E-state index contributed by atoms with van der Waals surface area (Å²) < 4.78 is 0. The first-order chi connectivity index (χ1) is 11.0. The topological polar surface area (TPSA) is 94.6 Å². The Morgan fingerprint density at radius 2 is 2.22 bits per heavy atom. The number of carbonyl (C=O) groups excluding carboxylic acids is 1. The molecule has 0 radical (unpaired) electrons. The molecular weight excluding hydrogens is 296 g/mol. The predicted molar refractivity (Wildman–Crippen MR) is 88.9 cm³/mol. The number of carbonyl (C=O) groups is 2. The number of carboxylic acid groups (broad SMARTS) is 1. The molecule has 23 heavy (non-hydrogen) atoms. The number of amides is 2. The number of hydrogen-bond donors (Lipinski definition) is 3. The molecule has 0 aromatic carbocycles. The van der Waals surface area contributed by atoms with E-state index in [1.54, 1.807) is 6.20 Å². The molecule has 126 valence electrons. The highest BCUT2D eigenvalue weighted by Gasteiger charge is 2.21. The van der Waals surface area contributed by atoms with Crippen LogP contribution in [-0.4, -0.2) is 41.2 Å². The van der Waals surface area contributed by atoms with Gasteiger partial charge in [0.1, 0.15) is 5.82 Å². The summed E-state index contributed by atoms with van der Waals surface area (Å²) in [6.07, 6.45) is 5.15. The summed E-state index contributed by atoms with van der Waals surface area (Å²) in [6, 6.07) is 1.94. The van der Waals surface area contributed by atoms with E-state index in [0.29, 0.717) is 11.7 Å². The van der Waals surface area contributed by atoms with E-state index in [1.165, 1.54) is 19.3 Å². The first-order valence-electron chi connectivity index (χ1n) is 7.97. The summed E-state index contributed by atoms with van der Waals surface area (Å²) in [5, 5.41) is 13.7. The van der Waals surface area contributed by atoms with Crippen LogP contribution in [0.5, 0.6) is 0 Å². The fraction of sp³-hybridized carbons (Fsp3) is 0.562. The number of nitrogens with zero attached hydrogens (tertiary/aromatic N) is 2. The summed E-state index contributed by atoms with van der Waals surface area (Å²) in [4.78, 5) is 28.9. The maximum Gasteiger partial charge on any atom is 0.319 e. The monoisotopic (exact) mass is 320 g/mol. The van der Waals surface area contributed by atoms with Crippen molar-refractivity contribution in [1.29, 1.82) is 0 Å². The van der Waals surface area contributed by atoms with E-state index in [4.69, 9.17) is 5.11 Å². The van der Waals surface area contributed by atoms with Crippen LogP contribution >= 0.6 is 0 Å². The molecule has 1 fully saturated rings. The highest BCUT2D eigenvalue weighted by Crippen LogP contribution is 2.27. The molecule has 1 saturated heterocycles. The number of pyridine rings is 1. The molecule has 0 aliphatic carbocycles. The van der Waals surface area contributed by atoms with E-state index in [2.05, 4.69) is 27.4 Å². The highest BCUT2D eigenvalue weighted by atomic mass is 16.4. The van der Waals surface area contributed by atoms with Crippen molar-refractivity contribution in [2.24, 2.45) is 0 Å². The average Bonchev–Trinajstić information content (AvgIpc) is 2.48. The van der Waals surface area contributed by atoms with Crippen molar-refractivity contribution in [3.05, 3.63) is 17.8 Å². The lowest BCUT2D eigenvalue weighted by Gasteiger charge is -2.35. The van der Waals surface area contributed by atoms with Gasteiger partial charge in [-0.25, -0.2) is 9.78 Å². The van der Waals surface area contributed by atoms with Gasteiger partial charge in [0.25, 0.3) is 0 Å². The molecule has 1 aromatic heterocycles. The first kappa shape index (κ1) is 17.1. The summed E-state index contributed by atoms with van der Waals surface area (Å²) >= 11 is 0. The molecule has 1 aliphatic rings. The number of aryl methyl sites for hydroxylation is 1. The molecular formula is C16H24N4O3. The van der Waals surface area contributed by atoms with Gasteiger partial charge in [-0.3, -0.25) is 4.79 Å². The van der Waals surface area contributed by atoms with Crippen molar-refractivity contribution in [2.45, 2.75) is 45.6 Å². The molecule has 1 atom stereocenters. The van der Waals surface area contributed by atoms with E-state index in [-0.39, 0.29) is 13.0 Å². The third-order valence-electron chi connectivity index (χ3n) is 4.01. The Kier molecular flexibility index (Phi) is 5.78. The fourth-order valence-electron chi connectivity index (χ4n) is 2.81. The Hall–Kier alpha value is -2.31. The largest absolute Gasteiger partial charge is 0.481 e. The standard InChI is InChI=1S/C16H24N4O3/c1-11-9-13(19-16(23)17-7-6-14(21)22)10-18-15(11)20-8-4-3-5-12(20)2/h9-10,12H,3-8H2,1-2H3,(H,21,22)(H2,17,19,23). The molecule has 3 N–H and O–H groups in total. The van der Waals surface area contributed by atoms with Crippen LogP contribution in [0.25, 0.3) is 0 Å². The molecule has 0 bridgehead atoms. The van der Waals surface area contributed by atoms with Gasteiger partial charge in [-0.05, 0) is 44.7 Å². The van der Waals surface area contributed by atoms with Crippen LogP contribution in [0.4, 0.5) is 16.3 Å². The van der Waals surface area contributed by atoms with E-state index >= 15 is 0 Å². The van der Waals surface area contributed by atoms with Crippen LogP contribution in [-0.2, 0) is 4.79 Å². The van der Waals surface area contributed by atoms with Crippen molar-refractivity contribution in [1.82, 2.24) is 10.3 Å². The van der Waals surface area contributed by atoms with E-state index in [1.807, 2.05) is 13.0 Å². The second-order valence-electron chi connectivity index (χ2n) is 5.93. The Morgan fingerprint density at radius 3 is 2.87 bits per heavy atom. The summed E-state index contributed by atoms with van der Waals surface area (Å²) in [5.74, 6) is 0.0249. The van der Waals surface area contributed by atoms with Crippen LogP contribution in [0.3, 0.4) is 0 Å². The van der Waals surface area contributed by atoms with Crippen molar-refractivity contribution in [3.8, 4) is 0 Å². The van der Waals surface area contributed by atoms with Gasteiger partial charge in [-0.1, -0.05) is 0 Å². The number of nitrogens with one attached hydrogen (secondary N) is 2. The number of piperidine rings is 1. The zero-order chi connectivity index (χ0) is 16.8. The number of hydrogen-bond acceptors (Lipinski definition) is 4. The summed E-state index contributed by atoms with van der Waals surface area (Å²) in [5.41, 5.74) is 1.62. The molecule has 7 heteroatoms. The van der Waals surface area contributed by atoms with Gasteiger partial charge in [0, 0.05) is 19.1 Å². The Morgan fingerprint density at radius 1 is 1.43 bits per heavy atom. The molecule has 2 rings (SSSR count). The average molecular weight is 320 g/mol. The molecule has 0 saturated carbocycles. The number of aliphatic carboxylic acids is 1. The lowest BCUT2D eigenvalue weighted by Crippen LogP contribution is -2.38. The second kappa shape index (κ2) is 7.80. The van der Waals surface area contributed by atoms with Crippen LogP contribution in [0.15, 0.2) is 12.3 Å². The van der Waals surface area contributed by atoms with Crippen LogP contribution in [0.1, 0.15) is 38.2 Å². The van der Waals surface area contributed by atoms with E-state index in [0.717, 1.165) is 17.9 Å². The van der Waals surface area contributed by atoms with Crippen LogP contribution in [0, 0.1) is 6.92 Å². The minimum Gasteiger partial charge on any atom is -0.481 e. The molecule has 1 aliphatic heterocycles. The number of carboxylic acids is 1. The van der Waals surface area contributed by atoms with Gasteiger partial charge in [-0.2, -0.15) is 0 Å². The Labute approximate surface area is 136 Å². The smallest absolute Gasteiger partial charge is 0.319 e. The van der Waals surface area contributed by atoms with Gasteiger partial charge in [0.2, 0.25) is 0 Å². The van der Waals surface area contributed by atoms with E-state index < -0.39 is 12.0 Å². The SMILES string of the molecule is Cc1cc(NC(=O)NCCC(=O)O)cnc1N1CCCCC1C. The van der Waals surface area contributed by atoms with Crippen LogP contribution in [0.2, 0.25) is 0 Å². The van der Waals surface area contributed by atoms with E-state index in [9.17, 15) is 9.59 Å². The minimum absolute atomic E-state index is 0.0942. The third-order valence-corrected chi connectivity index (χ3v) is 4.01. The minimum atomic E-state index is -0.942. The molecule has 1 aromatic rings. The molecule has 2 heterocycles. The first-order valence-corrected chi connectivity index (χ1v) is 7.97. The predicted octanol–water partition coefficient (Wildman–Crippen LogP) is 2.37. The lowest BCUT2D eigenvalue weighted by atomic mass is 10.0. The maximum absolute atomic E-state index is 11.7. The molecule has 2 amide bonds. The quantitative estimate of drug-likeness (QED) is 0.774. The summed E-state index contributed by atoms with van der Waals surface area (Å²) in [6.45, 7) is 5.30. The number of aromatic nitrogens is 1. The Balaban J connectivity index is 1.96. The number of anilines is 2. The van der Waals surface area contributed by atoms with Crippen molar-refractivity contribution in [3.63, 3.8) is 0 Å². The summed E-state index contributed by atoms with van der Waals surface area (Å²) in [7, 11) is 0. The van der Waals surface area contributed by atoms with Gasteiger partial charge in [0.15, 0.2) is 0 Å². The molecule has 0 spiro atoms. The van der Waals surface area contributed by atoms with Gasteiger partial charge < -0.3 is 20.6 Å². The number of urea groups is 1. The third kappa shape index (κ3) is 4.84. The Bertz CT molecular complexity index is 576. The zero-order valence-electron chi connectivity index (χ0n) is 13.6. The fourth-order valence-corrected chi connectivity index (χ4v) is 2.81. The zero-order valence-corrected chi connectivity index (χ0v) is 13.6. The van der Waals surface area contributed by atoms with Gasteiger partial charge >= 0.3 is 12.0 Å².